The molecule has 23 heavy (non-hydrogen) atoms. The van der Waals surface area contributed by atoms with Crippen molar-refractivity contribution >= 4 is 32.9 Å². The Labute approximate surface area is 138 Å². The van der Waals surface area contributed by atoms with Gasteiger partial charge in [-0.1, -0.05) is 12.1 Å². The predicted molar refractivity (Wildman–Crippen MR) is 88.7 cm³/mol. The lowest BCUT2D eigenvalue weighted by Gasteiger charge is -2.05. The van der Waals surface area contributed by atoms with Crippen LogP contribution in [0.1, 0.15) is 30.5 Å². The van der Waals surface area contributed by atoms with Crippen LogP contribution >= 0.6 is 11.3 Å². The van der Waals surface area contributed by atoms with E-state index in [1.54, 1.807) is 18.2 Å². The lowest BCUT2D eigenvalue weighted by Crippen LogP contribution is -2.13. The van der Waals surface area contributed by atoms with Crippen molar-refractivity contribution < 1.29 is 22.7 Å². The standard InChI is InChI=1S/C16H16O5S2/c1-11-6-7-15(22-11)14(17)9-21-16(18)13-5-3-4-12(8-13)10-23(2,19)20/h3-8H,9-10H2,1-2H3. The monoisotopic (exact) mass is 352 g/mol. The molecule has 0 unspecified atom stereocenters. The molecule has 1 aromatic heterocycles. The van der Waals surface area contributed by atoms with Crippen molar-refractivity contribution in [2.45, 2.75) is 12.7 Å². The molecule has 0 atom stereocenters. The first kappa shape index (κ1) is 17.4. The second kappa shape index (κ2) is 7.06. The summed E-state index contributed by atoms with van der Waals surface area (Å²) in [6, 6.07) is 9.72. The Hall–Kier alpha value is -1.99. The van der Waals surface area contributed by atoms with Gasteiger partial charge in [0.15, 0.2) is 16.4 Å². The first-order valence-electron chi connectivity index (χ1n) is 6.78. The Kier molecular flexibility index (Phi) is 5.33. The Balaban J connectivity index is 2.01. The molecule has 1 aromatic carbocycles. The van der Waals surface area contributed by atoms with Gasteiger partial charge in [0.2, 0.25) is 5.78 Å². The lowest BCUT2D eigenvalue weighted by atomic mass is 10.1. The van der Waals surface area contributed by atoms with Gasteiger partial charge in [-0.25, -0.2) is 13.2 Å². The van der Waals surface area contributed by atoms with E-state index in [1.165, 1.54) is 23.5 Å². The average molecular weight is 352 g/mol. The topological polar surface area (TPSA) is 77.5 Å². The van der Waals surface area contributed by atoms with Crippen LogP contribution in [0.15, 0.2) is 36.4 Å². The van der Waals surface area contributed by atoms with Crippen LogP contribution in [0.3, 0.4) is 0 Å². The molecule has 0 aliphatic carbocycles. The van der Waals surface area contributed by atoms with E-state index in [9.17, 15) is 18.0 Å². The fraction of sp³-hybridized carbons (Fsp3) is 0.250. The second-order valence-corrected chi connectivity index (χ2v) is 8.61. The molecule has 1 heterocycles. The highest BCUT2D eigenvalue weighted by Gasteiger charge is 2.14. The number of aryl methyl sites for hydroxylation is 1. The number of ketones is 1. The van der Waals surface area contributed by atoms with Crippen LogP contribution in [0.4, 0.5) is 0 Å². The van der Waals surface area contributed by atoms with Crippen molar-refractivity contribution in [2.75, 3.05) is 12.9 Å². The number of rotatable bonds is 6. The number of carbonyl (C=O) groups is 2. The molecule has 0 N–H and O–H groups in total. The first-order valence-corrected chi connectivity index (χ1v) is 9.66. The van der Waals surface area contributed by atoms with E-state index in [1.807, 2.05) is 13.0 Å². The number of hydrogen-bond donors (Lipinski definition) is 0. The summed E-state index contributed by atoms with van der Waals surface area (Å²) in [5, 5.41) is 0. The van der Waals surface area contributed by atoms with E-state index in [2.05, 4.69) is 0 Å². The molecule has 0 saturated carbocycles. The van der Waals surface area contributed by atoms with Crippen LogP contribution in [0.5, 0.6) is 0 Å². The molecule has 0 radical (unpaired) electrons. The van der Waals surface area contributed by atoms with E-state index < -0.39 is 15.8 Å². The highest BCUT2D eigenvalue weighted by molar-refractivity contribution is 7.89. The highest BCUT2D eigenvalue weighted by atomic mass is 32.2. The van der Waals surface area contributed by atoms with Crippen LogP contribution in [-0.4, -0.2) is 33.0 Å². The molecular weight excluding hydrogens is 336 g/mol. The Bertz CT molecular complexity index is 834. The van der Waals surface area contributed by atoms with Gasteiger partial charge in [-0.15, -0.1) is 11.3 Å². The zero-order valence-corrected chi connectivity index (χ0v) is 14.4. The quantitative estimate of drug-likeness (QED) is 0.590. The zero-order chi connectivity index (χ0) is 17.0. The van der Waals surface area contributed by atoms with Crippen LogP contribution in [0, 0.1) is 6.92 Å². The minimum atomic E-state index is -3.18. The van der Waals surface area contributed by atoms with Gasteiger partial charge in [0.1, 0.15) is 0 Å². The maximum Gasteiger partial charge on any atom is 0.338 e. The van der Waals surface area contributed by atoms with Crippen molar-refractivity contribution in [3.63, 3.8) is 0 Å². The largest absolute Gasteiger partial charge is 0.454 e. The fourth-order valence-corrected chi connectivity index (χ4v) is 3.54. The molecule has 5 nitrogen and oxygen atoms in total. The van der Waals surface area contributed by atoms with Crippen molar-refractivity contribution in [1.82, 2.24) is 0 Å². The van der Waals surface area contributed by atoms with Gasteiger partial charge in [0.25, 0.3) is 0 Å². The first-order chi connectivity index (χ1) is 10.7. The van der Waals surface area contributed by atoms with Crippen LogP contribution < -0.4 is 0 Å². The lowest BCUT2D eigenvalue weighted by molar-refractivity contribution is 0.0475. The van der Waals surface area contributed by atoms with Crippen LogP contribution in [0.2, 0.25) is 0 Å². The zero-order valence-electron chi connectivity index (χ0n) is 12.7. The minimum absolute atomic E-state index is 0.151. The molecule has 0 fully saturated rings. The van der Waals surface area contributed by atoms with E-state index in [4.69, 9.17) is 4.74 Å². The molecule has 2 aromatic rings. The molecule has 122 valence electrons. The number of esters is 1. The predicted octanol–water partition coefficient (Wildman–Crippen LogP) is 2.64. The van der Waals surface area contributed by atoms with Crippen LogP contribution in [-0.2, 0) is 20.3 Å². The third kappa shape index (κ3) is 5.30. The molecule has 0 aliphatic heterocycles. The van der Waals surface area contributed by atoms with E-state index in [-0.39, 0.29) is 23.7 Å². The molecule has 0 spiro atoms. The van der Waals surface area contributed by atoms with Crippen LogP contribution in [0.25, 0.3) is 0 Å². The van der Waals surface area contributed by atoms with Crippen molar-refractivity contribution in [3.05, 3.63) is 57.3 Å². The van der Waals surface area contributed by atoms with Gasteiger partial charge < -0.3 is 4.74 Å². The van der Waals surface area contributed by atoms with Crippen molar-refractivity contribution in [1.29, 1.82) is 0 Å². The maximum atomic E-state index is 12.0. The van der Waals surface area contributed by atoms with Gasteiger partial charge in [0, 0.05) is 11.1 Å². The third-order valence-electron chi connectivity index (χ3n) is 2.94. The second-order valence-electron chi connectivity index (χ2n) is 5.18. The van der Waals surface area contributed by atoms with Crippen molar-refractivity contribution in [2.24, 2.45) is 0 Å². The SMILES string of the molecule is Cc1ccc(C(=O)COC(=O)c2cccc(CS(C)(=O)=O)c2)s1. The summed E-state index contributed by atoms with van der Waals surface area (Å²) in [7, 11) is -3.18. The summed E-state index contributed by atoms with van der Waals surface area (Å²) in [6.07, 6.45) is 1.12. The number of ether oxygens (including phenoxy) is 1. The number of benzene rings is 1. The molecule has 0 saturated heterocycles. The minimum Gasteiger partial charge on any atom is -0.454 e. The number of sulfone groups is 1. The number of thiophene rings is 1. The average Bonchev–Trinajstić information content (AvgIpc) is 2.89. The fourth-order valence-electron chi connectivity index (χ4n) is 1.96. The summed E-state index contributed by atoms with van der Waals surface area (Å²) < 4.78 is 27.6. The summed E-state index contributed by atoms with van der Waals surface area (Å²) in [5.74, 6) is -1.06. The molecule has 0 bridgehead atoms. The van der Waals surface area contributed by atoms with E-state index >= 15 is 0 Å². The summed E-state index contributed by atoms with van der Waals surface area (Å²) >= 11 is 1.34. The van der Waals surface area contributed by atoms with Gasteiger partial charge in [-0.05, 0) is 36.8 Å². The molecular formula is C16H16O5S2. The Morgan fingerprint density at radius 3 is 2.52 bits per heavy atom. The Morgan fingerprint density at radius 2 is 1.91 bits per heavy atom. The highest BCUT2D eigenvalue weighted by Crippen LogP contribution is 2.16. The molecule has 7 heteroatoms. The molecule has 0 amide bonds. The number of carbonyl (C=O) groups excluding carboxylic acids is 2. The maximum absolute atomic E-state index is 12.0. The van der Waals surface area contributed by atoms with Gasteiger partial charge in [-0.2, -0.15) is 0 Å². The van der Waals surface area contributed by atoms with E-state index in [0.29, 0.717) is 10.4 Å². The van der Waals surface area contributed by atoms with Crippen molar-refractivity contribution in [3.8, 4) is 0 Å². The Morgan fingerprint density at radius 1 is 1.17 bits per heavy atom. The summed E-state index contributed by atoms with van der Waals surface area (Å²) in [4.78, 5) is 25.4. The van der Waals surface area contributed by atoms with Gasteiger partial charge in [-0.3, -0.25) is 4.79 Å². The number of hydrogen-bond acceptors (Lipinski definition) is 6. The van der Waals surface area contributed by atoms with E-state index in [0.717, 1.165) is 11.1 Å². The smallest absolute Gasteiger partial charge is 0.338 e. The summed E-state index contributed by atoms with van der Waals surface area (Å²) in [5.41, 5.74) is 0.725. The third-order valence-corrected chi connectivity index (χ3v) is 4.84. The summed E-state index contributed by atoms with van der Waals surface area (Å²) in [6.45, 7) is 1.55. The van der Waals surface area contributed by atoms with Gasteiger partial charge in [0.05, 0.1) is 16.2 Å². The molecule has 2 rings (SSSR count). The molecule has 0 aliphatic rings. The normalized spacial score (nSPS) is 11.2. The number of Topliss-reactive ketones (excluding diaryl/α,β-unsaturated/α-hetero) is 1. The van der Waals surface area contributed by atoms with Gasteiger partial charge >= 0.3 is 5.97 Å².